The smallest absolute Gasteiger partial charge is 0.154 e. The van der Waals surface area contributed by atoms with Crippen molar-refractivity contribution in [3.05, 3.63) is 82.8 Å². The number of H-pyrrole nitrogens is 1. The van der Waals surface area contributed by atoms with Crippen molar-refractivity contribution in [2.24, 2.45) is 5.10 Å². The Morgan fingerprint density at radius 2 is 1.80 bits per heavy atom. The molecule has 4 nitrogen and oxygen atoms in total. The Balaban J connectivity index is 1.58. The predicted octanol–water partition coefficient (Wildman–Crippen LogP) is 4.98. The highest BCUT2D eigenvalue weighted by molar-refractivity contribution is 7.10. The Bertz CT molecular complexity index is 1000. The van der Waals surface area contributed by atoms with E-state index in [1.165, 1.54) is 4.88 Å². The molecule has 4 aromatic rings. The number of para-hydroxylation sites is 3. The molecular weight excluding hydrogens is 328 g/mol. The van der Waals surface area contributed by atoms with Crippen molar-refractivity contribution in [2.75, 3.05) is 5.01 Å². The summed E-state index contributed by atoms with van der Waals surface area (Å²) in [4.78, 5) is 9.46. The Morgan fingerprint density at radius 3 is 2.60 bits per heavy atom. The van der Waals surface area contributed by atoms with Crippen LogP contribution in [0.3, 0.4) is 0 Å². The topological polar surface area (TPSA) is 44.3 Å². The number of hydrogen-bond donors (Lipinski definition) is 1. The molecule has 1 N–H and O–H groups in total. The molecule has 0 aliphatic carbocycles. The van der Waals surface area contributed by atoms with Crippen molar-refractivity contribution in [3.8, 4) is 0 Å². The molecule has 122 valence electrons. The molecule has 5 rings (SSSR count). The number of imidazole rings is 1. The number of anilines is 1. The predicted molar refractivity (Wildman–Crippen MR) is 103 cm³/mol. The first-order chi connectivity index (χ1) is 12.4. The Labute approximate surface area is 149 Å². The summed E-state index contributed by atoms with van der Waals surface area (Å²) in [5, 5.41) is 9.17. The molecular formula is C20H16N4S. The van der Waals surface area contributed by atoms with Gasteiger partial charge in [0.1, 0.15) is 5.71 Å². The number of hydrazone groups is 1. The fourth-order valence-corrected chi connectivity index (χ4v) is 4.08. The van der Waals surface area contributed by atoms with Crippen LogP contribution in [0.2, 0.25) is 0 Å². The fraction of sp³-hybridized carbons (Fsp3) is 0.100. The molecule has 1 unspecified atom stereocenters. The summed E-state index contributed by atoms with van der Waals surface area (Å²) in [7, 11) is 0. The average molecular weight is 344 g/mol. The molecule has 25 heavy (non-hydrogen) atoms. The third-order valence-corrected chi connectivity index (χ3v) is 5.44. The third kappa shape index (κ3) is 2.53. The summed E-state index contributed by atoms with van der Waals surface area (Å²) >= 11 is 1.78. The number of thiophene rings is 1. The summed E-state index contributed by atoms with van der Waals surface area (Å²) in [5.41, 5.74) is 4.13. The van der Waals surface area contributed by atoms with Gasteiger partial charge in [-0.05, 0) is 35.7 Å². The molecule has 0 spiro atoms. The van der Waals surface area contributed by atoms with Crippen LogP contribution in [0.1, 0.15) is 23.2 Å². The number of nitrogens with zero attached hydrogens (tertiary/aromatic N) is 3. The van der Waals surface area contributed by atoms with Gasteiger partial charge in [-0.15, -0.1) is 11.3 Å². The van der Waals surface area contributed by atoms with Crippen molar-refractivity contribution in [1.29, 1.82) is 0 Å². The summed E-state index contributed by atoms with van der Waals surface area (Å²) < 4.78 is 0. The van der Waals surface area contributed by atoms with Crippen LogP contribution in [-0.4, -0.2) is 15.7 Å². The molecule has 0 fully saturated rings. The van der Waals surface area contributed by atoms with Crippen LogP contribution in [0, 0.1) is 0 Å². The van der Waals surface area contributed by atoms with Gasteiger partial charge in [0.2, 0.25) is 0 Å². The average Bonchev–Trinajstić information content (AvgIpc) is 3.39. The van der Waals surface area contributed by atoms with E-state index < -0.39 is 0 Å². The van der Waals surface area contributed by atoms with E-state index in [1.807, 2.05) is 30.3 Å². The molecule has 0 amide bonds. The second kappa shape index (κ2) is 5.86. The van der Waals surface area contributed by atoms with Crippen LogP contribution in [-0.2, 0) is 0 Å². The molecule has 2 aromatic heterocycles. The van der Waals surface area contributed by atoms with Gasteiger partial charge in [0.05, 0.1) is 22.8 Å². The minimum atomic E-state index is 0.214. The largest absolute Gasteiger partial charge is 0.337 e. The molecule has 1 atom stereocenters. The molecule has 3 heterocycles. The Kier molecular flexibility index (Phi) is 3.38. The van der Waals surface area contributed by atoms with Gasteiger partial charge in [-0.25, -0.2) is 4.98 Å². The quantitative estimate of drug-likeness (QED) is 0.569. The van der Waals surface area contributed by atoms with E-state index in [0.717, 1.165) is 34.7 Å². The Hall–Kier alpha value is -2.92. The highest BCUT2D eigenvalue weighted by Crippen LogP contribution is 2.38. The lowest BCUT2D eigenvalue weighted by molar-refractivity contribution is 0.722. The maximum Gasteiger partial charge on any atom is 0.154 e. The summed E-state index contributed by atoms with van der Waals surface area (Å²) in [6.45, 7) is 0. The maximum atomic E-state index is 4.92. The standard InChI is InChI=1S/C20H16N4S/c1-2-7-14(8-3-1)24-18(19-11-6-12-25-19)13-17(23-24)20-21-15-9-4-5-10-16(15)22-20/h1-12,18H,13H2,(H,21,22). The molecule has 0 bridgehead atoms. The summed E-state index contributed by atoms with van der Waals surface area (Å²) in [6, 6.07) is 22.9. The third-order valence-electron chi connectivity index (χ3n) is 4.47. The van der Waals surface area contributed by atoms with E-state index in [4.69, 9.17) is 10.1 Å². The van der Waals surface area contributed by atoms with E-state index in [9.17, 15) is 0 Å². The summed E-state index contributed by atoms with van der Waals surface area (Å²) in [5.74, 6) is 0.862. The number of benzene rings is 2. The van der Waals surface area contributed by atoms with Crippen LogP contribution in [0.15, 0.2) is 77.2 Å². The minimum absolute atomic E-state index is 0.214. The van der Waals surface area contributed by atoms with Gasteiger partial charge >= 0.3 is 0 Å². The summed E-state index contributed by atoms with van der Waals surface area (Å²) in [6.07, 6.45) is 0.842. The van der Waals surface area contributed by atoms with E-state index in [2.05, 4.69) is 51.8 Å². The van der Waals surface area contributed by atoms with Gasteiger partial charge in [-0.3, -0.25) is 5.01 Å². The van der Waals surface area contributed by atoms with E-state index in [0.29, 0.717) is 0 Å². The van der Waals surface area contributed by atoms with Crippen LogP contribution >= 0.6 is 11.3 Å². The lowest BCUT2D eigenvalue weighted by atomic mass is 10.1. The number of aromatic amines is 1. The van der Waals surface area contributed by atoms with Gasteiger partial charge in [0.25, 0.3) is 0 Å². The number of hydrogen-bond acceptors (Lipinski definition) is 4. The zero-order valence-corrected chi connectivity index (χ0v) is 14.3. The zero-order chi connectivity index (χ0) is 16.6. The number of fused-ring (bicyclic) bond motifs is 1. The van der Waals surface area contributed by atoms with Crippen molar-refractivity contribution in [2.45, 2.75) is 12.5 Å². The first-order valence-electron chi connectivity index (χ1n) is 8.29. The first kappa shape index (κ1) is 14.4. The van der Waals surface area contributed by atoms with E-state index in [-0.39, 0.29) is 6.04 Å². The number of rotatable bonds is 3. The van der Waals surface area contributed by atoms with E-state index >= 15 is 0 Å². The highest BCUT2D eigenvalue weighted by atomic mass is 32.1. The highest BCUT2D eigenvalue weighted by Gasteiger charge is 2.31. The molecule has 5 heteroatoms. The van der Waals surface area contributed by atoms with Crippen LogP contribution in [0.25, 0.3) is 11.0 Å². The molecule has 0 saturated carbocycles. The van der Waals surface area contributed by atoms with Crippen molar-refractivity contribution in [3.63, 3.8) is 0 Å². The maximum absolute atomic E-state index is 4.92. The second-order valence-electron chi connectivity index (χ2n) is 6.06. The molecule has 2 aromatic carbocycles. The molecule has 1 aliphatic heterocycles. The molecule has 0 radical (unpaired) electrons. The lowest BCUT2D eigenvalue weighted by Gasteiger charge is -2.22. The lowest BCUT2D eigenvalue weighted by Crippen LogP contribution is -2.17. The van der Waals surface area contributed by atoms with Gasteiger partial charge in [-0.2, -0.15) is 5.10 Å². The van der Waals surface area contributed by atoms with Gasteiger partial charge in [0, 0.05) is 11.3 Å². The van der Waals surface area contributed by atoms with Crippen molar-refractivity contribution >= 4 is 33.8 Å². The molecule has 1 aliphatic rings. The fourth-order valence-electron chi connectivity index (χ4n) is 3.26. The van der Waals surface area contributed by atoms with Crippen molar-refractivity contribution < 1.29 is 0 Å². The van der Waals surface area contributed by atoms with Crippen LogP contribution in [0.4, 0.5) is 5.69 Å². The van der Waals surface area contributed by atoms with Gasteiger partial charge < -0.3 is 4.98 Å². The van der Waals surface area contributed by atoms with Crippen LogP contribution in [0.5, 0.6) is 0 Å². The monoisotopic (exact) mass is 344 g/mol. The SMILES string of the molecule is c1ccc(N2N=C(c3nc4ccccc4[nH]3)CC2c2cccs2)cc1. The Morgan fingerprint density at radius 1 is 0.960 bits per heavy atom. The first-order valence-corrected chi connectivity index (χ1v) is 9.17. The number of aromatic nitrogens is 2. The van der Waals surface area contributed by atoms with Crippen molar-refractivity contribution in [1.82, 2.24) is 9.97 Å². The van der Waals surface area contributed by atoms with E-state index in [1.54, 1.807) is 11.3 Å². The van der Waals surface area contributed by atoms with Crippen LogP contribution < -0.4 is 5.01 Å². The van der Waals surface area contributed by atoms with Gasteiger partial charge in [0.15, 0.2) is 5.82 Å². The molecule has 0 saturated heterocycles. The normalized spacial score (nSPS) is 17.2. The zero-order valence-electron chi connectivity index (χ0n) is 13.5. The second-order valence-corrected chi connectivity index (χ2v) is 7.04. The minimum Gasteiger partial charge on any atom is -0.337 e. The number of nitrogens with one attached hydrogen (secondary N) is 1. The van der Waals surface area contributed by atoms with Gasteiger partial charge in [-0.1, -0.05) is 36.4 Å².